The summed E-state index contributed by atoms with van der Waals surface area (Å²) < 4.78 is 0. The van der Waals surface area contributed by atoms with Gasteiger partial charge < -0.3 is 11.1 Å². The van der Waals surface area contributed by atoms with E-state index >= 15 is 0 Å². The highest BCUT2D eigenvalue weighted by molar-refractivity contribution is 7.80. The van der Waals surface area contributed by atoms with Gasteiger partial charge in [-0.05, 0) is 24.7 Å². The van der Waals surface area contributed by atoms with Gasteiger partial charge in [-0.25, -0.2) is 9.97 Å². The average molecular weight is 182 g/mol. The molecule has 0 spiro atoms. The van der Waals surface area contributed by atoms with Crippen LogP contribution in [0.25, 0.3) is 0 Å². The number of nitrogens with zero attached hydrogens (tertiary/aromatic N) is 2. The first-order valence-corrected chi connectivity index (χ1v) is 4.01. The fourth-order valence-electron chi connectivity index (χ4n) is 0.763. The maximum atomic E-state index is 5.26. The highest BCUT2D eigenvalue weighted by atomic mass is 32.1. The molecule has 0 aliphatic heterocycles. The van der Waals surface area contributed by atoms with Gasteiger partial charge in [-0.2, -0.15) is 0 Å². The van der Waals surface area contributed by atoms with Crippen LogP contribution in [-0.4, -0.2) is 15.1 Å². The van der Waals surface area contributed by atoms with Crippen molar-refractivity contribution in [1.29, 1.82) is 0 Å². The molecule has 3 N–H and O–H groups in total. The molecule has 1 heterocycles. The number of thiocarbonyl (C=S) groups is 1. The van der Waals surface area contributed by atoms with Crippen LogP contribution in [0.4, 0.5) is 5.95 Å². The summed E-state index contributed by atoms with van der Waals surface area (Å²) in [6.07, 6.45) is 2.54. The zero-order valence-corrected chi connectivity index (χ0v) is 7.56. The van der Waals surface area contributed by atoms with E-state index in [9.17, 15) is 0 Å². The lowest BCUT2D eigenvalue weighted by Crippen LogP contribution is -2.20. The van der Waals surface area contributed by atoms with Crippen molar-refractivity contribution >= 4 is 23.3 Å². The molecule has 0 aromatic carbocycles. The number of nitrogens with one attached hydrogen (secondary N) is 1. The summed E-state index contributed by atoms with van der Waals surface area (Å²) in [7, 11) is 0. The molecular weight excluding hydrogens is 172 g/mol. The van der Waals surface area contributed by atoms with Gasteiger partial charge in [-0.3, -0.25) is 0 Å². The second-order valence-corrected chi connectivity index (χ2v) is 2.65. The zero-order chi connectivity index (χ0) is 8.97. The molecule has 64 valence electrons. The minimum atomic E-state index is 0.184. The maximum Gasteiger partial charge on any atom is 0.229 e. The van der Waals surface area contributed by atoms with E-state index in [1.165, 1.54) is 0 Å². The fourth-order valence-corrected chi connectivity index (χ4v) is 0.855. The van der Waals surface area contributed by atoms with E-state index in [1.807, 2.05) is 13.0 Å². The molecule has 0 saturated heterocycles. The van der Waals surface area contributed by atoms with Crippen molar-refractivity contribution < 1.29 is 0 Å². The summed E-state index contributed by atoms with van der Waals surface area (Å²) in [6.45, 7) is 2.02. The fraction of sp³-hybridized carbons (Fsp3) is 0.286. The van der Waals surface area contributed by atoms with Crippen LogP contribution in [0, 0.1) is 0 Å². The number of rotatable bonds is 2. The van der Waals surface area contributed by atoms with Crippen LogP contribution in [0.2, 0.25) is 0 Å². The SMILES string of the molecule is CCc1ccnc(NC(N)=S)n1. The van der Waals surface area contributed by atoms with Gasteiger partial charge in [0, 0.05) is 11.9 Å². The minimum Gasteiger partial charge on any atom is -0.376 e. The summed E-state index contributed by atoms with van der Waals surface area (Å²) >= 11 is 4.64. The highest BCUT2D eigenvalue weighted by Gasteiger charge is 1.96. The predicted octanol–water partition coefficient (Wildman–Crippen LogP) is 0.695. The molecule has 0 amide bonds. The average Bonchev–Trinajstić information content (AvgIpc) is 2.03. The molecule has 1 aromatic heterocycles. The second kappa shape index (κ2) is 3.96. The van der Waals surface area contributed by atoms with Crippen LogP contribution in [-0.2, 0) is 6.42 Å². The van der Waals surface area contributed by atoms with Crippen LogP contribution >= 0.6 is 12.2 Å². The molecule has 0 aliphatic rings. The molecule has 0 fully saturated rings. The second-order valence-electron chi connectivity index (χ2n) is 2.21. The van der Waals surface area contributed by atoms with Crippen LogP contribution in [0.5, 0.6) is 0 Å². The zero-order valence-electron chi connectivity index (χ0n) is 6.74. The summed E-state index contributed by atoms with van der Waals surface area (Å²) in [5.41, 5.74) is 6.22. The number of hydrogen-bond donors (Lipinski definition) is 2. The van der Waals surface area contributed by atoms with E-state index in [-0.39, 0.29) is 5.11 Å². The minimum absolute atomic E-state index is 0.184. The molecular formula is C7H10N4S. The van der Waals surface area contributed by atoms with E-state index in [1.54, 1.807) is 6.20 Å². The van der Waals surface area contributed by atoms with Gasteiger partial charge in [0.15, 0.2) is 5.11 Å². The van der Waals surface area contributed by atoms with Crippen LogP contribution < -0.4 is 11.1 Å². The maximum absolute atomic E-state index is 5.26. The summed E-state index contributed by atoms with van der Waals surface area (Å²) in [4.78, 5) is 8.08. The standard InChI is InChI=1S/C7H10N4S/c1-2-5-3-4-9-7(10-5)11-6(8)12/h3-4H,2H2,1H3,(H3,8,9,10,11,12). The molecule has 0 unspecified atom stereocenters. The molecule has 0 saturated carbocycles. The molecule has 0 radical (unpaired) electrons. The van der Waals surface area contributed by atoms with Gasteiger partial charge >= 0.3 is 0 Å². The topological polar surface area (TPSA) is 63.8 Å². The first-order chi connectivity index (χ1) is 5.72. The lowest BCUT2D eigenvalue weighted by molar-refractivity contribution is 1.01. The van der Waals surface area contributed by atoms with Gasteiger partial charge in [0.25, 0.3) is 0 Å². The number of aromatic nitrogens is 2. The summed E-state index contributed by atoms with van der Waals surface area (Å²) in [6, 6.07) is 1.85. The van der Waals surface area contributed by atoms with Crippen molar-refractivity contribution in [3.63, 3.8) is 0 Å². The van der Waals surface area contributed by atoms with Crippen molar-refractivity contribution in [2.45, 2.75) is 13.3 Å². The van der Waals surface area contributed by atoms with E-state index in [2.05, 4.69) is 27.5 Å². The van der Waals surface area contributed by atoms with Gasteiger partial charge in [0.1, 0.15) is 0 Å². The monoisotopic (exact) mass is 182 g/mol. The molecule has 0 bridgehead atoms. The summed E-state index contributed by atoms with van der Waals surface area (Å²) in [5.74, 6) is 0.460. The van der Waals surface area contributed by atoms with E-state index < -0.39 is 0 Å². The van der Waals surface area contributed by atoms with Gasteiger partial charge in [0.05, 0.1) is 0 Å². The Hall–Kier alpha value is -1.23. The van der Waals surface area contributed by atoms with Gasteiger partial charge in [0.2, 0.25) is 5.95 Å². The van der Waals surface area contributed by atoms with Gasteiger partial charge in [-0.1, -0.05) is 6.92 Å². The van der Waals surface area contributed by atoms with Crippen molar-refractivity contribution in [1.82, 2.24) is 9.97 Å². The Morgan fingerprint density at radius 2 is 2.50 bits per heavy atom. The quantitative estimate of drug-likeness (QED) is 0.659. The third-order valence-electron chi connectivity index (χ3n) is 1.31. The molecule has 12 heavy (non-hydrogen) atoms. The van der Waals surface area contributed by atoms with Gasteiger partial charge in [-0.15, -0.1) is 0 Å². The van der Waals surface area contributed by atoms with E-state index in [4.69, 9.17) is 5.73 Å². The van der Waals surface area contributed by atoms with E-state index in [0.29, 0.717) is 5.95 Å². The lowest BCUT2D eigenvalue weighted by atomic mass is 10.3. The Kier molecular flexibility index (Phi) is 2.93. The van der Waals surface area contributed by atoms with Crippen LogP contribution in [0.1, 0.15) is 12.6 Å². The normalized spacial score (nSPS) is 9.42. The summed E-state index contributed by atoms with van der Waals surface area (Å²) in [5, 5.41) is 2.85. The molecule has 4 nitrogen and oxygen atoms in total. The smallest absolute Gasteiger partial charge is 0.229 e. The van der Waals surface area contributed by atoms with Crippen LogP contribution in [0.3, 0.4) is 0 Å². The Morgan fingerprint density at radius 3 is 3.08 bits per heavy atom. The van der Waals surface area contributed by atoms with Crippen molar-refractivity contribution in [3.05, 3.63) is 18.0 Å². The number of anilines is 1. The Labute approximate surface area is 76.2 Å². The van der Waals surface area contributed by atoms with Crippen LogP contribution in [0.15, 0.2) is 12.3 Å². The number of hydrogen-bond acceptors (Lipinski definition) is 3. The number of aryl methyl sites for hydroxylation is 1. The number of nitrogens with two attached hydrogens (primary N) is 1. The third kappa shape index (κ3) is 2.43. The lowest BCUT2D eigenvalue weighted by Gasteiger charge is -2.01. The first kappa shape index (κ1) is 8.86. The molecule has 1 aromatic rings. The molecule has 5 heteroatoms. The molecule has 0 aliphatic carbocycles. The molecule has 0 atom stereocenters. The Bertz CT molecular complexity index is 286. The largest absolute Gasteiger partial charge is 0.376 e. The molecule has 1 rings (SSSR count). The van der Waals surface area contributed by atoms with E-state index in [0.717, 1.165) is 12.1 Å². The third-order valence-corrected chi connectivity index (χ3v) is 1.41. The predicted molar refractivity (Wildman–Crippen MR) is 51.8 cm³/mol. The van der Waals surface area contributed by atoms with Crippen molar-refractivity contribution in [2.75, 3.05) is 5.32 Å². The first-order valence-electron chi connectivity index (χ1n) is 3.60. The highest BCUT2D eigenvalue weighted by Crippen LogP contribution is 1.99. The van der Waals surface area contributed by atoms with Crippen molar-refractivity contribution in [3.8, 4) is 0 Å². The Morgan fingerprint density at radius 1 is 1.75 bits per heavy atom. The Balaban J connectivity index is 2.79. The van der Waals surface area contributed by atoms with Crippen molar-refractivity contribution in [2.24, 2.45) is 5.73 Å².